The van der Waals surface area contributed by atoms with Crippen molar-refractivity contribution in [2.24, 2.45) is 5.92 Å². The fourth-order valence-electron chi connectivity index (χ4n) is 3.28. The number of nitrogens with zero attached hydrogens (tertiary/aromatic N) is 8. The highest BCUT2D eigenvalue weighted by atomic mass is 19.4. The summed E-state index contributed by atoms with van der Waals surface area (Å²) in [6.07, 6.45) is 4.11. The number of halogens is 3. The predicted octanol–water partition coefficient (Wildman–Crippen LogP) is 1.55. The molecule has 0 N–H and O–H groups in total. The molecule has 1 saturated heterocycles. The lowest BCUT2D eigenvalue weighted by Gasteiger charge is -2.32. The molecule has 1 aliphatic heterocycles. The summed E-state index contributed by atoms with van der Waals surface area (Å²) in [5.74, 6) is 1.43. The number of piperidine rings is 1. The van der Waals surface area contributed by atoms with E-state index >= 15 is 0 Å². The fraction of sp³-hybridized carbons (Fsp3) is 0.412. The number of rotatable bonds is 4. The van der Waals surface area contributed by atoms with E-state index in [1.54, 1.807) is 12.4 Å². The maximum absolute atomic E-state index is 12.6. The molecule has 0 atom stereocenters. The van der Waals surface area contributed by atoms with Crippen LogP contribution in [-0.2, 0) is 12.7 Å². The van der Waals surface area contributed by atoms with Crippen LogP contribution in [0.5, 0.6) is 0 Å². The van der Waals surface area contributed by atoms with Gasteiger partial charge in [-0.05, 0) is 18.8 Å². The Hall–Kier alpha value is -3.31. The summed E-state index contributed by atoms with van der Waals surface area (Å²) in [6.45, 7) is 1.73. The zero-order valence-electron chi connectivity index (χ0n) is 15.2. The first-order valence-corrected chi connectivity index (χ1v) is 8.96. The molecule has 0 aliphatic carbocycles. The minimum atomic E-state index is -4.62. The van der Waals surface area contributed by atoms with Crippen molar-refractivity contribution in [1.29, 1.82) is 0 Å². The van der Waals surface area contributed by atoms with Crippen molar-refractivity contribution < 1.29 is 13.2 Å². The Labute approximate surface area is 162 Å². The lowest BCUT2D eigenvalue weighted by atomic mass is 9.97. The highest BCUT2D eigenvalue weighted by molar-refractivity contribution is 5.39. The third-order valence-corrected chi connectivity index (χ3v) is 4.83. The van der Waals surface area contributed by atoms with Crippen LogP contribution < -0.4 is 10.5 Å². The number of alkyl halides is 3. The molecule has 9 nitrogen and oxygen atoms in total. The maximum Gasteiger partial charge on any atom is 0.433 e. The molecular weight excluding hydrogens is 389 g/mol. The third kappa shape index (κ3) is 4.25. The van der Waals surface area contributed by atoms with Gasteiger partial charge in [0, 0.05) is 25.7 Å². The van der Waals surface area contributed by atoms with Crippen LogP contribution in [0.4, 0.5) is 19.0 Å². The first-order chi connectivity index (χ1) is 13.9. The highest BCUT2D eigenvalue weighted by Crippen LogP contribution is 2.26. The molecular formula is C17H17F3N8O. The van der Waals surface area contributed by atoms with Crippen LogP contribution >= 0.6 is 0 Å². The summed E-state index contributed by atoms with van der Waals surface area (Å²) in [7, 11) is 0. The molecule has 0 spiro atoms. The van der Waals surface area contributed by atoms with E-state index in [1.165, 1.54) is 21.9 Å². The Bertz CT molecular complexity index is 1030. The Morgan fingerprint density at radius 2 is 1.83 bits per heavy atom. The molecule has 152 valence electrons. The summed E-state index contributed by atoms with van der Waals surface area (Å²) in [5, 5.41) is 4.04. The summed E-state index contributed by atoms with van der Waals surface area (Å²) in [6, 6.07) is 0.542. The quantitative estimate of drug-likeness (QED) is 0.649. The van der Waals surface area contributed by atoms with Crippen molar-refractivity contribution in [3.8, 4) is 5.82 Å². The summed E-state index contributed by atoms with van der Waals surface area (Å²) < 4.78 is 40.7. The highest BCUT2D eigenvalue weighted by Gasteiger charge is 2.33. The molecule has 3 aromatic rings. The SMILES string of the molecule is O=c1cc(C(F)(F)F)ncn1CC1CCN(c2cncc(-n3cncn3)n2)CC1. The number of hydrogen-bond acceptors (Lipinski definition) is 7. The molecule has 1 aliphatic rings. The van der Waals surface area contributed by atoms with Crippen molar-refractivity contribution in [3.05, 3.63) is 53.5 Å². The van der Waals surface area contributed by atoms with E-state index < -0.39 is 17.4 Å². The van der Waals surface area contributed by atoms with Gasteiger partial charge in [0.2, 0.25) is 0 Å². The van der Waals surface area contributed by atoms with E-state index in [4.69, 9.17) is 0 Å². The lowest BCUT2D eigenvalue weighted by molar-refractivity contribution is -0.141. The van der Waals surface area contributed by atoms with Crippen LogP contribution in [0.25, 0.3) is 5.82 Å². The first-order valence-electron chi connectivity index (χ1n) is 8.96. The summed E-state index contributed by atoms with van der Waals surface area (Å²) in [5.41, 5.74) is -1.86. The molecule has 29 heavy (non-hydrogen) atoms. The molecule has 0 radical (unpaired) electrons. The molecule has 0 unspecified atom stereocenters. The Kier molecular flexibility index (Phi) is 4.99. The average molecular weight is 406 g/mol. The second-order valence-electron chi connectivity index (χ2n) is 6.77. The van der Waals surface area contributed by atoms with Gasteiger partial charge in [0.25, 0.3) is 5.56 Å². The van der Waals surface area contributed by atoms with Crippen molar-refractivity contribution in [2.45, 2.75) is 25.6 Å². The minimum Gasteiger partial charge on any atom is -0.355 e. The molecule has 4 heterocycles. The smallest absolute Gasteiger partial charge is 0.355 e. The summed E-state index contributed by atoms with van der Waals surface area (Å²) in [4.78, 5) is 30.1. The van der Waals surface area contributed by atoms with Gasteiger partial charge < -0.3 is 4.90 Å². The molecule has 0 saturated carbocycles. The number of aromatic nitrogens is 7. The standard InChI is InChI=1S/C17H17F3N8O/c18-17(19,20)13-5-16(29)27(11-23-13)8-12-1-3-26(4-2-12)14-6-21-7-15(25-14)28-10-22-9-24-28/h5-7,9-12H,1-4,8H2. The monoisotopic (exact) mass is 406 g/mol. The minimum absolute atomic E-state index is 0.161. The van der Waals surface area contributed by atoms with Gasteiger partial charge in [-0.2, -0.15) is 18.3 Å². The molecule has 0 amide bonds. The van der Waals surface area contributed by atoms with Gasteiger partial charge in [-0.3, -0.25) is 14.3 Å². The molecule has 3 aromatic heterocycles. The zero-order valence-corrected chi connectivity index (χ0v) is 15.2. The van der Waals surface area contributed by atoms with Gasteiger partial charge in [0.15, 0.2) is 11.5 Å². The normalized spacial score (nSPS) is 15.6. The number of anilines is 1. The third-order valence-electron chi connectivity index (χ3n) is 4.83. The zero-order chi connectivity index (χ0) is 20.4. The van der Waals surface area contributed by atoms with Crippen molar-refractivity contribution in [1.82, 2.24) is 34.3 Å². The molecule has 12 heteroatoms. The largest absolute Gasteiger partial charge is 0.433 e. The second-order valence-corrected chi connectivity index (χ2v) is 6.77. The second kappa shape index (κ2) is 7.60. The molecule has 0 bridgehead atoms. The van der Waals surface area contributed by atoms with Gasteiger partial charge in [-0.1, -0.05) is 0 Å². The van der Waals surface area contributed by atoms with E-state index in [0.29, 0.717) is 37.3 Å². The van der Waals surface area contributed by atoms with E-state index in [1.807, 2.05) is 0 Å². The van der Waals surface area contributed by atoms with Crippen LogP contribution in [-0.4, -0.2) is 47.4 Å². The lowest BCUT2D eigenvalue weighted by Crippen LogP contribution is -2.37. The average Bonchev–Trinajstić information content (AvgIpc) is 3.24. The van der Waals surface area contributed by atoms with Gasteiger partial charge in [-0.25, -0.2) is 19.6 Å². The van der Waals surface area contributed by atoms with Crippen LogP contribution in [0.2, 0.25) is 0 Å². The van der Waals surface area contributed by atoms with Gasteiger partial charge >= 0.3 is 6.18 Å². The first kappa shape index (κ1) is 19.0. The maximum atomic E-state index is 12.6. The Morgan fingerprint density at radius 3 is 2.48 bits per heavy atom. The fourth-order valence-corrected chi connectivity index (χ4v) is 3.28. The van der Waals surface area contributed by atoms with Crippen LogP contribution in [0.3, 0.4) is 0 Å². The van der Waals surface area contributed by atoms with Crippen molar-refractivity contribution in [2.75, 3.05) is 18.0 Å². The van der Waals surface area contributed by atoms with Crippen LogP contribution in [0, 0.1) is 5.92 Å². The topological polar surface area (TPSA) is 94.6 Å². The van der Waals surface area contributed by atoms with Gasteiger partial charge in [0.05, 0.1) is 18.7 Å². The molecule has 4 rings (SSSR count). The molecule has 0 aromatic carbocycles. The van der Waals surface area contributed by atoms with E-state index in [-0.39, 0.29) is 5.92 Å². The van der Waals surface area contributed by atoms with Crippen molar-refractivity contribution in [3.63, 3.8) is 0 Å². The summed E-state index contributed by atoms with van der Waals surface area (Å²) >= 11 is 0. The van der Waals surface area contributed by atoms with Crippen LogP contribution in [0.15, 0.2) is 42.2 Å². The number of hydrogen-bond donors (Lipinski definition) is 0. The van der Waals surface area contributed by atoms with Crippen molar-refractivity contribution >= 4 is 5.82 Å². The Balaban J connectivity index is 1.39. The van der Waals surface area contributed by atoms with Crippen LogP contribution in [0.1, 0.15) is 18.5 Å². The van der Waals surface area contributed by atoms with Gasteiger partial charge in [-0.15, -0.1) is 0 Å². The van der Waals surface area contributed by atoms with E-state index in [0.717, 1.165) is 19.2 Å². The van der Waals surface area contributed by atoms with E-state index in [9.17, 15) is 18.0 Å². The van der Waals surface area contributed by atoms with Gasteiger partial charge in [0.1, 0.15) is 18.5 Å². The van der Waals surface area contributed by atoms with E-state index in [2.05, 4.69) is 29.9 Å². The Morgan fingerprint density at radius 1 is 1.07 bits per heavy atom. The molecule has 1 fully saturated rings. The predicted molar refractivity (Wildman–Crippen MR) is 95.4 cm³/mol.